The number of nitrogens with zero attached hydrogens (tertiary/aromatic N) is 4. The van der Waals surface area contributed by atoms with E-state index in [-0.39, 0.29) is 12.5 Å². The molecule has 3 aromatic rings. The third-order valence-corrected chi connectivity index (χ3v) is 5.50. The van der Waals surface area contributed by atoms with Crippen molar-refractivity contribution in [2.45, 2.75) is 19.6 Å². The largest absolute Gasteiger partial charge is 0.485 e. The molecule has 2 aromatic heterocycles. The zero-order valence-corrected chi connectivity index (χ0v) is 16.5. The third-order valence-electron chi connectivity index (χ3n) is 5.50. The molecule has 0 bridgehead atoms. The molecular formula is C22H24N4O3. The lowest BCUT2D eigenvalue weighted by molar-refractivity contribution is -0.143. The summed E-state index contributed by atoms with van der Waals surface area (Å²) in [7, 11) is 0. The molecule has 0 unspecified atom stereocenters. The van der Waals surface area contributed by atoms with E-state index in [0.29, 0.717) is 24.6 Å². The Kier molecular flexibility index (Phi) is 4.60. The number of hydrogen-bond acceptors (Lipinski definition) is 5. The fourth-order valence-corrected chi connectivity index (χ4v) is 3.93. The van der Waals surface area contributed by atoms with Crippen molar-refractivity contribution in [2.24, 2.45) is 0 Å². The van der Waals surface area contributed by atoms with Crippen molar-refractivity contribution >= 4 is 11.6 Å². The summed E-state index contributed by atoms with van der Waals surface area (Å²) in [6.45, 7) is 6.15. The molecular weight excluding hydrogens is 368 g/mol. The Morgan fingerprint density at radius 2 is 1.86 bits per heavy atom. The molecule has 2 aliphatic heterocycles. The Labute approximate surface area is 169 Å². The fourth-order valence-electron chi connectivity index (χ4n) is 3.93. The van der Waals surface area contributed by atoms with Crippen LogP contribution in [0, 0.1) is 6.92 Å². The minimum absolute atomic E-state index is 0.00218. The summed E-state index contributed by atoms with van der Waals surface area (Å²) in [5.41, 5.74) is 3.23. The monoisotopic (exact) mass is 392 g/mol. The number of aryl methyl sites for hydroxylation is 1. The Hall–Kier alpha value is -3.06. The summed E-state index contributed by atoms with van der Waals surface area (Å²) in [5, 5.41) is 0. The molecule has 4 heterocycles. The fraction of sp³-hybridized carbons (Fsp3) is 0.364. The number of pyridine rings is 1. The number of para-hydroxylation sites is 2. The van der Waals surface area contributed by atoms with Gasteiger partial charge in [0.25, 0.3) is 5.91 Å². The van der Waals surface area contributed by atoms with E-state index >= 15 is 0 Å². The molecule has 0 aliphatic carbocycles. The van der Waals surface area contributed by atoms with Gasteiger partial charge in [-0.2, -0.15) is 0 Å². The lowest BCUT2D eigenvalue weighted by Gasteiger charge is -2.36. The van der Waals surface area contributed by atoms with E-state index < -0.39 is 6.10 Å². The molecule has 1 amide bonds. The van der Waals surface area contributed by atoms with Crippen LogP contribution in [-0.4, -0.2) is 64.0 Å². The first-order chi connectivity index (χ1) is 14.2. The first kappa shape index (κ1) is 18.0. The molecule has 1 aromatic carbocycles. The van der Waals surface area contributed by atoms with Crippen LogP contribution >= 0.6 is 0 Å². The summed E-state index contributed by atoms with van der Waals surface area (Å²) in [6.07, 6.45) is 3.61. The van der Waals surface area contributed by atoms with Crippen molar-refractivity contribution in [3.8, 4) is 11.5 Å². The predicted molar refractivity (Wildman–Crippen MR) is 108 cm³/mol. The summed E-state index contributed by atoms with van der Waals surface area (Å²) < 4.78 is 13.6. The van der Waals surface area contributed by atoms with Crippen LogP contribution in [0.5, 0.6) is 11.5 Å². The maximum Gasteiger partial charge on any atom is 0.267 e. The van der Waals surface area contributed by atoms with Gasteiger partial charge >= 0.3 is 0 Å². The van der Waals surface area contributed by atoms with Gasteiger partial charge in [0.05, 0.1) is 5.69 Å². The quantitative estimate of drug-likeness (QED) is 0.683. The van der Waals surface area contributed by atoms with Gasteiger partial charge in [0, 0.05) is 45.1 Å². The van der Waals surface area contributed by atoms with Gasteiger partial charge in [0.15, 0.2) is 11.5 Å². The van der Waals surface area contributed by atoms with Crippen molar-refractivity contribution in [1.82, 2.24) is 19.2 Å². The highest BCUT2D eigenvalue weighted by Crippen LogP contribution is 2.31. The minimum Gasteiger partial charge on any atom is -0.485 e. The van der Waals surface area contributed by atoms with Crippen molar-refractivity contribution in [2.75, 3.05) is 32.8 Å². The number of imidazole rings is 1. The van der Waals surface area contributed by atoms with E-state index in [0.717, 1.165) is 31.0 Å². The Balaban J connectivity index is 1.17. The molecule has 150 valence electrons. The van der Waals surface area contributed by atoms with Gasteiger partial charge < -0.3 is 18.8 Å². The molecule has 0 saturated carbocycles. The van der Waals surface area contributed by atoms with E-state index in [2.05, 4.69) is 34.7 Å². The molecule has 7 heteroatoms. The number of carbonyl (C=O) groups is 1. The number of benzene rings is 1. The molecule has 1 fully saturated rings. The van der Waals surface area contributed by atoms with Crippen LogP contribution in [0.1, 0.15) is 11.3 Å². The summed E-state index contributed by atoms with van der Waals surface area (Å²) in [5.74, 6) is 1.34. The molecule has 0 N–H and O–H groups in total. The summed E-state index contributed by atoms with van der Waals surface area (Å²) in [6, 6.07) is 11.6. The zero-order chi connectivity index (χ0) is 19.8. The first-order valence-electron chi connectivity index (χ1n) is 9.99. The number of piperazine rings is 1. The van der Waals surface area contributed by atoms with Crippen LogP contribution in [-0.2, 0) is 11.3 Å². The number of ether oxygens (including phenoxy) is 2. The second kappa shape index (κ2) is 7.40. The number of rotatable bonds is 3. The summed E-state index contributed by atoms with van der Waals surface area (Å²) >= 11 is 0. The topological polar surface area (TPSA) is 59.3 Å². The second-order valence-electron chi connectivity index (χ2n) is 7.67. The van der Waals surface area contributed by atoms with Crippen molar-refractivity contribution in [1.29, 1.82) is 0 Å². The molecule has 7 nitrogen and oxygen atoms in total. The van der Waals surface area contributed by atoms with Crippen LogP contribution in [0.15, 0.2) is 48.8 Å². The maximum absolute atomic E-state index is 12.9. The highest BCUT2D eigenvalue weighted by atomic mass is 16.6. The zero-order valence-electron chi connectivity index (χ0n) is 16.5. The molecule has 0 spiro atoms. The number of hydrogen-bond donors (Lipinski definition) is 0. The maximum atomic E-state index is 12.9. The van der Waals surface area contributed by atoms with Gasteiger partial charge in [0.1, 0.15) is 12.3 Å². The Morgan fingerprint density at radius 3 is 2.69 bits per heavy atom. The second-order valence-corrected chi connectivity index (χ2v) is 7.67. The van der Waals surface area contributed by atoms with Gasteiger partial charge in [-0.15, -0.1) is 0 Å². The van der Waals surface area contributed by atoms with Crippen LogP contribution in [0.4, 0.5) is 0 Å². The highest BCUT2D eigenvalue weighted by Gasteiger charge is 2.32. The third kappa shape index (κ3) is 3.65. The van der Waals surface area contributed by atoms with Crippen LogP contribution < -0.4 is 9.47 Å². The molecule has 0 radical (unpaired) electrons. The molecule has 1 atom stereocenters. The predicted octanol–water partition coefficient (Wildman–Crippen LogP) is 2.13. The van der Waals surface area contributed by atoms with Crippen molar-refractivity contribution in [3.63, 3.8) is 0 Å². The Bertz CT molecular complexity index is 1040. The van der Waals surface area contributed by atoms with E-state index in [4.69, 9.17) is 14.5 Å². The summed E-state index contributed by atoms with van der Waals surface area (Å²) in [4.78, 5) is 21.8. The molecule has 5 rings (SSSR count). The van der Waals surface area contributed by atoms with Gasteiger partial charge in [0.2, 0.25) is 6.10 Å². The van der Waals surface area contributed by atoms with Gasteiger partial charge in [-0.1, -0.05) is 18.2 Å². The molecule has 29 heavy (non-hydrogen) atoms. The lowest BCUT2D eigenvalue weighted by Crippen LogP contribution is -2.53. The normalized spacial score (nSPS) is 19.5. The SMILES string of the molecule is Cc1ccc2nc(CN3CCN(C(=O)[C@H]4COc5ccccc5O4)CC3)cn2c1. The molecule has 1 saturated heterocycles. The van der Waals surface area contributed by atoms with Gasteiger partial charge in [-0.05, 0) is 30.7 Å². The molecule has 2 aliphatic rings. The number of fused-ring (bicyclic) bond motifs is 2. The van der Waals surface area contributed by atoms with E-state index in [1.165, 1.54) is 5.56 Å². The number of amides is 1. The standard InChI is InChI=1S/C22H24N4O3/c1-16-6-7-21-23-17(14-26(21)12-16)13-24-8-10-25(11-9-24)22(27)20-15-28-18-4-2-3-5-19(18)29-20/h2-7,12,14,20H,8-11,13,15H2,1H3/t20-/m1/s1. The Morgan fingerprint density at radius 1 is 1.07 bits per heavy atom. The minimum atomic E-state index is -0.571. The van der Waals surface area contributed by atoms with Crippen molar-refractivity contribution in [3.05, 3.63) is 60.0 Å². The van der Waals surface area contributed by atoms with Crippen LogP contribution in [0.25, 0.3) is 5.65 Å². The van der Waals surface area contributed by atoms with Gasteiger partial charge in [-0.3, -0.25) is 9.69 Å². The van der Waals surface area contributed by atoms with Gasteiger partial charge in [-0.25, -0.2) is 4.98 Å². The highest BCUT2D eigenvalue weighted by molar-refractivity contribution is 5.82. The van der Waals surface area contributed by atoms with E-state index in [9.17, 15) is 4.79 Å². The smallest absolute Gasteiger partial charge is 0.267 e. The average Bonchev–Trinajstić information content (AvgIpc) is 3.14. The number of aromatic nitrogens is 2. The van der Waals surface area contributed by atoms with Crippen LogP contribution in [0.3, 0.4) is 0 Å². The average molecular weight is 392 g/mol. The van der Waals surface area contributed by atoms with E-state index in [1.54, 1.807) is 0 Å². The van der Waals surface area contributed by atoms with Crippen LogP contribution in [0.2, 0.25) is 0 Å². The lowest BCUT2D eigenvalue weighted by atomic mass is 10.2. The van der Waals surface area contributed by atoms with E-state index in [1.807, 2.05) is 35.2 Å². The number of carbonyl (C=O) groups excluding carboxylic acids is 1. The first-order valence-corrected chi connectivity index (χ1v) is 9.99. The van der Waals surface area contributed by atoms with Crippen molar-refractivity contribution < 1.29 is 14.3 Å².